The number of rotatable bonds is 3. The van der Waals surface area contributed by atoms with Crippen molar-refractivity contribution < 1.29 is 4.79 Å². The third-order valence-electron chi connectivity index (χ3n) is 3.23. The maximum Gasteiger partial charge on any atom is 0.224 e. The van der Waals surface area contributed by atoms with Gasteiger partial charge in [0.25, 0.3) is 0 Å². The molecule has 1 aliphatic heterocycles. The summed E-state index contributed by atoms with van der Waals surface area (Å²) in [5, 5.41) is 6.92. The molecule has 17 heavy (non-hydrogen) atoms. The molecular weight excluding hydrogens is 236 g/mol. The van der Waals surface area contributed by atoms with Crippen LogP contribution < -0.4 is 10.6 Å². The summed E-state index contributed by atoms with van der Waals surface area (Å²) in [6.45, 7) is 4.39. The highest BCUT2D eigenvalue weighted by Gasteiger charge is 2.29. The first kappa shape index (κ1) is 12.4. The van der Waals surface area contributed by atoms with E-state index in [-0.39, 0.29) is 11.8 Å². The van der Waals surface area contributed by atoms with Crippen LogP contribution in [0.4, 0.5) is 0 Å². The standard InChI is InChI=1S/C13H17ClN2O/c1-9-6-15-8-12(9)13(17)16-7-10-2-4-11(14)5-3-10/h2-5,9,12,15H,6-8H2,1H3,(H,16,17). The molecule has 0 saturated carbocycles. The summed E-state index contributed by atoms with van der Waals surface area (Å²) in [7, 11) is 0. The SMILES string of the molecule is CC1CNCC1C(=O)NCc1ccc(Cl)cc1. The van der Waals surface area contributed by atoms with Gasteiger partial charge in [-0.2, -0.15) is 0 Å². The number of carbonyl (C=O) groups excluding carboxylic acids is 1. The van der Waals surface area contributed by atoms with Crippen molar-refractivity contribution in [3.8, 4) is 0 Å². The lowest BCUT2D eigenvalue weighted by Gasteiger charge is -2.14. The highest BCUT2D eigenvalue weighted by atomic mass is 35.5. The summed E-state index contributed by atoms with van der Waals surface area (Å²) in [6.07, 6.45) is 0. The monoisotopic (exact) mass is 252 g/mol. The van der Waals surface area contributed by atoms with Gasteiger partial charge in [-0.3, -0.25) is 4.79 Å². The van der Waals surface area contributed by atoms with Crippen LogP contribution in [0.5, 0.6) is 0 Å². The first-order valence-electron chi connectivity index (χ1n) is 5.89. The number of carbonyl (C=O) groups is 1. The summed E-state index contributed by atoms with van der Waals surface area (Å²) >= 11 is 5.80. The maximum absolute atomic E-state index is 11.9. The number of hydrogen-bond donors (Lipinski definition) is 2. The summed E-state index contributed by atoms with van der Waals surface area (Å²) in [6, 6.07) is 7.53. The van der Waals surface area contributed by atoms with E-state index in [2.05, 4.69) is 17.6 Å². The molecule has 1 aromatic rings. The Labute approximate surface area is 107 Å². The Morgan fingerprint density at radius 3 is 2.71 bits per heavy atom. The van der Waals surface area contributed by atoms with E-state index in [0.29, 0.717) is 17.5 Å². The summed E-state index contributed by atoms with van der Waals surface area (Å²) < 4.78 is 0. The van der Waals surface area contributed by atoms with Crippen LogP contribution >= 0.6 is 11.6 Å². The van der Waals surface area contributed by atoms with Gasteiger partial charge in [-0.05, 0) is 30.2 Å². The second kappa shape index (κ2) is 5.52. The first-order chi connectivity index (χ1) is 8.16. The van der Waals surface area contributed by atoms with Gasteiger partial charge in [-0.15, -0.1) is 0 Å². The number of nitrogens with one attached hydrogen (secondary N) is 2. The highest BCUT2D eigenvalue weighted by molar-refractivity contribution is 6.30. The van der Waals surface area contributed by atoms with Gasteiger partial charge in [0.15, 0.2) is 0 Å². The second-order valence-electron chi connectivity index (χ2n) is 4.59. The Bertz CT molecular complexity index is 391. The van der Waals surface area contributed by atoms with Gasteiger partial charge in [0.05, 0.1) is 5.92 Å². The van der Waals surface area contributed by atoms with Crippen molar-refractivity contribution in [2.45, 2.75) is 13.5 Å². The topological polar surface area (TPSA) is 41.1 Å². The molecule has 92 valence electrons. The summed E-state index contributed by atoms with van der Waals surface area (Å²) in [4.78, 5) is 11.9. The second-order valence-corrected chi connectivity index (χ2v) is 5.02. The van der Waals surface area contributed by atoms with Gasteiger partial charge >= 0.3 is 0 Å². The zero-order valence-electron chi connectivity index (χ0n) is 9.87. The van der Waals surface area contributed by atoms with Crippen molar-refractivity contribution in [3.05, 3.63) is 34.9 Å². The molecule has 2 atom stereocenters. The van der Waals surface area contributed by atoms with E-state index in [1.807, 2.05) is 24.3 Å². The lowest BCUT2D eigenvalue weighted by molar-refractivity contribution is -0.125. The zero-order chi connectivity index (χ0) is 12.3. The van der Waals surface area contributed by atoms with Crippen molar-refractivity contribution in [1.82, 2.24) is 10.6 Å². The molecule has 4 heteroatoms. The number of hydrogen-bond acceptors (Lipinski definition) is 2. The highest BCUT2D eigenvalue weighted by Crippen LogP contribution is 2.16. The third kappa shape index (κ3) is 3.20. The Kier molecular flexibility index (Phi) is 4.02. The molecule has 1 saturated heterocycles. The Balaban J connectivity index is 1.85. The molecule has 2 unspecified atom stereocenters. The molecule has 1 aliphatic rings. The fourth-order valence-electron chi connectivity index (χ4n) is 2.08. The molecule has 2 rings (SSSR count). The Morgan fingerprint density at radius 1 is 1.41 bits per heavy atom. The predicted octanol–water partition coefficient (Wildman–Crippen LogP) is 1.81. The van der Waals surface area contributed by atoms with Crippen LogP contribution in [0.25, 0.3) is 0 Å². The molecule has 1 fully saturated rings. The molecule has 0 aliphatic carbocycles. The van der Waals surface area contributed by atoms with Crippen LogP contribution in [0, 0.1) is 11.8 Å². The van der Waals surface area contributed by atoms with E-state index in [4.69, 9.17) is 11.6 Å². The molecule has 0 spiro atoms. The molecule has 1 amide bonds. The van der Waals surface area contributed by atoms with Crippen LogP contribution in [0.3, 0.4) is 0 Å². The van der Waals surface area contributed by atoms with Crippen LogP contribution in [-0.2, 0) is 11.3 Å². The zero-order valence-corrected chi connectivity index (χ0v) is 10.6. The average Bonchev–Trinajstić information content (AvgIpc) is 2.74. The van der Waals surface area contributed by atoms with Crippen molar-refractivity contribution >= 4 is 17.5 Å². The normalized spacial score (nSPS) is 23.6. The van der Waals surface area contributed by atoms with E-state index < -0.39 is 0 Å². The van der Waals surface area contributed by atoms with Crippen LogP contribution in [0.1, 0.15) is 12.5 Å². The van der Waals surface area contributed by atoms with E-state index in [9.17, 15) is 4.79 Å². The Hall–Kier alpha value is -1.06. The van der Waals surface area contributed by atoms with E-state index in [0.717, 1.165) is 18.7 Å². The number of benzene rings is 1. The van der Waals surface area contributed by atoms with E-state index in [1.54, 1.807) is 0 Å². The molecule has 1 aromatic carbocycles. The fourth-order valence-corrected chi connectivity index (χ4v) is 2.21. The van der Waals surface area contributed by atoms with Gasteiger partial charge in [0, 0.05) is 18.1 Å². The Morgan fingerprint density at radius 2 is 2.12 bits per heavy atom. The minimum absolute atomic E-state index is 0.0994. The van der Waals surface area contributed by atoms with Crippen LogP contribution in [0.2, 0.25) is 5.02 Å². The van der Waals surface area contributed by atoms with Gasteiger partial charge in [0.1, 0.15) is 0 Å². The van der Waals surface area contributed by atoms with Gasteiger partial charge in [0.2, 0.25) is 5.91 Å². The smallest absolute Gasteiger partial charge is 0.224 e. The van der Waals surface area contributed by atoms with Crippen molar-refractivity contribution in [1.29, 1.82) is 0 Å². The first-order valence-corrected chi connectivity index (χ1v) is 6.27. The van der Waals surface area contributed by atoms with Crippen LogP contribution in [-0.4, -0.2) is 19.0 Å². The quantitative estimate of drug-likeness (QED) is 0.862. The van der Waals surface area contributed by atoms with Gasteiger partial charge in [-0.25, -0.2) is 0 Å². The summed E-state index contributed by atoms with van der Waals surface area (Å²) in [5.74, 6) is 0.653. The minimum Gasteiger partial charge on any atom is -0.352 e. The maximum atomic E-state index is 11.9. The third-order valence-corrected chi connectivity index (χ3v) is 3.49. The molecule has 1 heterocycles. The lowest BCUT2D eigenvalue weighted by Crippen LogP contribution is -2.33. The average molecular weight is 253 g/mol. The molecule has 0 radical (unpaired) electrons. The predicted molar refractivity (Wildman–Crippen MR) is 68.8 cm³/mol. The number of halogens is 1. The summed E-state index contributed by atoms with van der Waals surface area (Å²) in [5.41, 5.74) is 1.07. The van der Waals surface area contributed by atoms with Crippen molar-refractivity contribution in [2.75, 3.05) is 13.1 Å². The lowest BCUT2D eigenvalue weighted by atomic mass is 9.97. The molecule has 2 N–H and O–H groups in total. The van der Waals surface area contributed by atoms with Crippen molar-refractivity contribution in [3.63, 3.8) is 0 Å². The molecule has 0 bridgehead atoms. The van der Waals surface area contributed by atoms with Crippen LogP contribution in [0.15, 0.2) is 24.3 Å². The minimum atomic E-state index is 0.0994. The van der Waals surface area contributed by atoms with Gasteiger partial charge < -0.3 is 10.6 Å². The largest absolute Gasteiger partial charge is 0.352 e. The van der Waals surface area contributed by atoms with E-state index in [1.165, 1.54) is 0 Å². The number of amides is 1. The van der Waals surface area contributed by atoms with Crippen molar-refractivity contribution in [2.24, 2.45) is 11.8 Å². The molecule has 0 aromatic heterocycles. The molecular formula is C13H17ClN2O. The van der Waals surface area contributed by atoms with E-state index >= 15 is 0 Å². The molecule has 3 nitrogen and oxygen atoms in total. The van der Waals surface area contributed by atoms with Gasteiger partial charge in [-0.1, -0.05) is 30.7 Å². The fraction of sp³-hybridized carbons (Fsp3) is 0.462.